The minimum Gasteiger partial charge on any atom is -0.352 e. The first-order chi connectivity index (χ1) is 12.3. The van der Waals surface area contributed by atoms with E-state index in [1.54, 1.807) is 5.01 Å². The van der Waals surface area contributed by atoms with Crippen molar-refractivity contribution in [2.75, 3.05) is 31.1 Å². The molecule has 2 fully saturated rings. The van der Waals surface area contributed by atoms with Gasteiger partial charge in [-0.25, -0.2) is 0 Å². The van der Waals surface area contributed by atoms with Gasteiger partial charge in [0.15, 0.2) is 6.17 Å². The molecule has 2 saturated heterocycles. The smallest absolute Gasteiger partial charge is 0.352 e. The van der Waals surface area contributed by atoms with Crippen molar-refractivity contribution in [3.05, 3.63) is 47.4 Å². The zero-order valence-electron chi connectivity index (χ0n) is 14.1. The lowest BCUT2D eigenvalue weighted by Gasteiger charge is -2.40. The van der Waals surface area contributed by atoms with E-state index in [0.717, 1.165) is 17.0 Å². The fourth-order valence-electron chi connectivity index (χ4n) is 3.47. The summed E-state index contributed by atoms with van der Waals surface area (Å²) in [6.45, 7) is 5.13. The molecule has 0 saturated carbocycles. The van der Waals surface area contributed by atoms with Crippen LogP contribution in [0.15, 0.2) is 36.9 Å². The summed E-state index contributed by atoms with van der Waals surface area (Å²) in [6, 6.07) is 4.96. The first kappa shape index (κ1) is 18.2. The second-order valence-electron chi connectivity index (χ2n) is 6.48. The van der Waals surface area contributed by atoms with Crippen LogP contribution < -0.4 is 10.2 Å². The maximum Gasteiger partial charge on any atom is 0.416 e. The Balaban J connectivity index is 1.80. The lowest BCUT2D eigenvalue weighted by Crippen LogP contribution is -2.57. The summed E-state index contributed by atoms with van der Waals surface area (Å²) >= 11 is 0. The molecule has 1 amide bonds. The summed E-state index contributed by atoms with van der Waals surface area (Å²) in [6.07, 6.45) is -2.79. The zero-order valence-corrected chi connectivity index (χ0v) is 14.1. The third-order valence-electron chi connectivity index (χ3n) is 4.75. The molecule has 6 nitrogen and oxygen atoms in total. The number of hydrogen-bond donors (Lipinski definition) is 1. The summed E-state index contributed by atoms with van der Waals surface area (Å²) in [4.78, 5) is 26.3. The van der Waals surface area contributed by atoms with Crippen LogP contribution in [-0.2, 0) is 11.0 Å². The predicted molar refractivity (Wildman–Crippen MR) is 89.1 cm³/mol. The lowest BCUT2D eigenvalue weighted by molar-refractivity contribution is -0.692. The van der Waals surface area contributed by atoms with E-state index in [9.17, 15) is 22.9 Å². The van der Waals surface area contributed by atoms with E-state index < -0.39 is 11.7 Å². The number of amides is 1. The molecule has 0 spiro atoms. The van der Waals surface area contributed by atoms with Crippen molar-refractivity contribution in [1.29, 1.82) is 0 Å². The summed E-state index contributed by atoms with van der Waals surface area (Å²) in [5.41, 5.74) is -0.0789. The Morgan fingerprint density at radius 2 is 2.00 bits per heavy atom. The van der Waals surface area contributed by atoms with E-state index in [1.165, 1.54) is 18.2 Å². The molecule has 9 heteroatoms. The predicted octanol–water partition coefficient (Wildman–Crippen LogP) is 2.17. The van der Waals surface area contributed by atoms with E-state index in [1.807, 2.05) is 4.90 Å². The average Bonchev–Trinajstić information content (AvgIpc) is 2.99. The van der Waals surface area contributed by atoms with Gasteiger partial charge in [-0.05, 0) is 30.3 Å². The fraction of sp³-hybridized carbons (Fsp3) is 0.471. The van der Waals surface area contributed by atoms with Crippen molar-refractivity contribution in [3.63, 3.8) is 0 Å². The molecule has 1 aromatic rings. The molecule has 0 aromatic heterocycles. The standard InChI is InChI=1S/C17H19F3N4O2/c1-2-15(25)21-9-12-10-22(16-7-8-24(26)23(16)11-12)14-5-3-13(4-6-14)17(18,19)20/h2-6,12,16H,1,7-11H2/p+1. The Hall–Kier alpha value is -2.58. The minimum atomic E-state index is -4.39. The summed E-state index contributed by atoms with van der Waals surface area (Å²) < 4.78 is 38.3. The molecule has 2 aliphatic rings. The highest BCUT2D eigenvalue weighted by Gasteiger charge is 2.47. The molecule has 2 heterocycles. The van der Waals surface area contributed by atoms with Gasteiger partial charge in [-0.2, -0.15) is 13.2 Å². The van der Waals surface area contributed by atoms with E-state index >= 15 is 0 Å². The Bertz CT molecular complexity index is 705. The van der Waals surface area contributed by atoms with Crippen molar-refractivity contribution >= 4 is 11.6 Å². The van der Waals surface area contributed by atoms with Gasteiger partial charge in [0.25, 0.3) is 0 Å². The summed E-state index contributed by atoms with van der Waals surface area (Å²) in [5.74, 6) is -0.333. The molecule has 26 heavy (non-hydrogen) atoms. The first-order valence-electron chi connectivity index (χ1n) is 8.35. The second-order valence-corrected chi connectivity index (χ2v) is 6.48. The van der Waals surface area contributed by atoms with Crippen LogP contribution in [0.3, 0.4) is 0 Å². The van der Waals surface area contributed by atoms with Crippen LogP contribution in [0.5, 0.6) is 0 Å². The third-order valence-corrected chi connectivity index (χ3v) is 4.75. The van der Waals surface area contributed by atoms with Gasteiger partial charge >= 0.3 is 6.18 Å². The second kappa shape index (κ2) is 6.97. The summed E-state index contributed by atoms with van der Waals surface area (Å²) in [5, 5.41) is 4.39. The third kappa shape index (κ3) is 3.66. The van der Waals surface area contributed by atoms with Crippen molar-refractivity contribution < 1.29 is 22.8 Å². The van der Waals surface area contributed by atoms with Gasteiger partial charge < -0.3 is 10.2 Å². The SMILES string of the molecule is C=CC(=O)NCC1CN(c2ccc(C(F)(F)F)cc2)C2CC[N+](=O)N2C1. The molecular weight excluding hydrogens is 349 g/mol. The highest BCUT2D eigenvalue weighted by atomic mass is 19.4. The van der Waals surface area contributed by atoms with Crippen molar-refractivity contribution in [1.82, 2.24) is 10.3 Å². The topological polar surface area (TPSA) is 55.7 Å². The van der Waals surface area contributed by atoms with Crippen LogP contribution in [0, 0.1) is 10.8 Å². The highest BCUT2D eigenvalue weighted by Crippen LogP contribution is 2.34. The van der Waals surface area contributed by atoms with Crippen molar-refractivity contribution in [3.8, 4) is 0 Å². The number of carbonyl (C=O) groups excluding carboxylic acids is 1. The summed E-state index contributed by atoms with van der Waals surface area (Å²) in [7, 11) is 0. The van der Waals surface area contributed by atoms with E-state index in [4.69, 9.17) is 0 Å². The van der Waals surface area contributed by atoms with E-state index in [-0.39, 0.29) is 18.0 Å². The number of anilines is 1. The van der Waals surface area contributed by atoms with Crippen molar-refractivity contribution in [2.45, 2.75) is 18.8 Å². The molecule has 0 radical (unpaired) electrons. The van der Waals surface area contributed by atoms with E-state index in [2.05, 4.69) is 11.9 Å². The number of hydrazine groups is 1. The molecule has 2 atom stereocenters. The number of rotatable bonds is 4. The largest absolute Gasteiger partial charge is 0.416 e. The van der Waals surface area contributed by atoms with Crippen LogP contribution in [0.2, 0.25) is 0 Å². The molecule has 1 N–H and O–H groups in total. The van der Waals surface area contributed by atoms with Gasteiger partial charge in [-0.15, -0.1) is 5.01 Å². The van der Waals surface area contributed by atoms with Crippen molar-refractivity contribution in [2.24, 2.45) is 5.92 Å². The number of halogens is 3. The van der Waals surface area contributed by atoms with Crippen LogP contribution in [-0.4, -0.2) is 48.1 Å². The number of alkyl halides is 3. The van der Waals surface area contributed by atoms with E-state index in [0.29, 0.717) is 38.3 Å². The molecule has 2 unspecified atom stereocenters. The maximum atomic E-state index is 12.8. The van der Waals surface area contributed by atoms with Gasteiger partial charge in [0.1, 0.15) is 4.87 Å². The van der Waals surface area contributed by atoms with Crippen LogP contribution in [0.1, 0.15) is 12.0 Å². The maximum absolute atomic E-state index is 12.8. The zero-order chi connectivity index (χ0) is 18.9. The normalized spacial score (nSPS) is 23.0. The number of nitrogens with one attached hydrogen (secondary N) is 1. The molecule has 140 valence electrons. The van der Waals surface area contributed by atoms with Gasteiger partial charge in [-0.1, -0.05) is 6.58 Å². The average molecular weight is 369 g/mol. The van der Waals surface area contributed by atoms with Crippen LogP contribution >= 0.6 is 0 Å². The van der Waals surface area contributed by atoms with Gasteiger partial charge in [0.05, 0.1) is 23.4 Å². The van der Waals surface area contributed by atoms with Crippen LogP contribution in [0.25, 0.3) is 0 Å². The van der Waals surface area contributed by atoms with Crippen LogP contribution in [0.4, 0.5) is 18.9 Å². The Morgan fingerprint density at radius 1 is 1.31 bits per heavy atom. The Morgan fingerprint density at radius 3 is 2.62 bits per heavy atom. The van der Waals surface area contributed by atoms with Gasteiger partial charge in [0.2, 0.25) is 12.5 Å². The quantitative estimate of drug-likeness (QED) is 0.653. The molecule has 3 rings (SSSR count). The number of carbonyl (C=O) groups is 1. The Kier molecular flexibility index (Phi) is 4.88. The van der Waals surface area contributed by atoms with Gasteiger partial charge in [0, 0.05) is 24.7 Å². The number of fused-ring (bicyclic) bond motifs is 1. The minimum absolute atomic E-state index is 0.0352. The number of nitrogens with zero attached hydrogens (tertiary/aromatic N) is 3. The number of benzene rings is 1. The molecule has 1 aromatic carbocycles. The molecule has 2 aliphatic heterocycles. The monoisotopic (exact) mass is 369 g/mol. The molecular formula is C17H20F3N4O2+. The Labute approximate surface area is 148 Å². The number of hydrogen-bond acceptors (Lipinski definition) is 3. The molecule has 0 bridgehead atoms. The fourth-order valence-corrected chi connectivity index (χ4v) is 3.47. The molecule has 0 aliphatic carbocycles. The first-order valence-corrected chi connectivity index (χ1v) is 8.35. The van der Waals surface area contributed by atoms with Gasteiger partial charge in [-0.3, -0.25) is 4.79 Å². The highest BCUT2D eigenvalue weighted by molar-refractivity contribution is 5.86. The lowest BCUT2D eigenvalue weighted by atomic mass is 10.0. The number of nitroso groups, excluding NO2 is 1.